The molecule has 110 valence electrons. The van der Waals surface area contributed by atoms with E-state index in [1.54, 1.807) is 12.1 Å². The van der Waals surface area contributed by atoms with Crippen LogP contribution < -0.4 is 16.0 Å². The molecule has 0 aliphatic carbocycles. The molecule has 0 spiro atoms. The normalized spacial score (nSPS) is 11.0. The van der Waals surface area contributed by atoms with Crippen molar-refractivity contribution >= 4 is 28.8 Å². The molecule has 1 aromatic carbocycles. The largest absolute Gasteiger partial charge is 0.391 e. The van der Waals surface area contributed by atoms with Crippen molar-refractivity contribution in [3.63, 3.8) is 0 Å². The smallest absolute Gasteiger partial charge is 0.252 e. The van der Waals surface area contributed by atoms with Crippen molar-refractivity contribution in [2.24, 2.45) is 5.73 Å². The molecular weight excluding hydrogens is 270 g/mol. The fraction of sp³-hybridized carbons (Fsp3) is 0.467. The van der Waals surface area contributed by atoms with Gasteiger partial charge < -0.3 is 16.0 Å². The Hall–Kier alpha value is -1.62. The van der Waals surface area contributed by atoms with Crippen LogP contribution in [0.1, 0.15) is 37.0 Å². The zero-order valence-electron chi connectivity index (χ0n) is 12.6. The van der Waals surface area contributed by atoms with Gasteiger partial charge in [0, 0.05) is 25.3 Å². The van der Waals surface area contributed by atoms with E-state index in [0.29, 0.717) is 23.4 Å². The molecular formula is C15H23N3OS. The summed E-state index contributed by atoms with van der Waals surface area (Å²) in [5, 5.41) is 2.98. The van der Waals surface area contributed by atoms with E-state index in [9.17, 15) is 4.79 Å². The van der Waals surface area contributed by atoms with Crippen LogP contribution in [0.25, 0.3) is 0 Å². The predicted octanol–water partition coefficient (Wildman–Crippen LogP) is 2.33. The molecule has 0 heterocycles. The summed E-state index contributed by atoms with van der Waals surface area (Å²) in [4.78, 5) is 14.6. The summed E-state index contributed by atoms with van der Waals surface area (Å²) in [7, 11) is 3.92. The first kappa shape index (κ1) is 16.4. The molecule has 0 bridgehead atoms. The molecule has 3 N–H and O–H groups in total. The molecule has 0 aliphatic rings. The molecule has 0 aromatic heterocycles. The predicted molar refractivity (Wildman–Crippen MR) is 88.3 cm³/mol. The SMILES string of the molecule is CCC(CC)(NC(=O)c1ccc(N(C)C)cc1)C(N)=S. The number of benzene rings is 1. The molecule has 0 radical (unpaired) electrons. The summed E-state index contributed by atoms with van der Waals surface area (Å²) in [5.41, 5.74) is 6.85. The van der Waals surface area contributed by atoms with Gasteiger partial charge in [0.1, 0.15) is 0 Å². The van der Waals surface area contributed by atoms with Gasteiger partial charge in [0.25, 0.3) is 5.91 Å². The molecule has 5 heteroatoms. The summed E-state index contributed by atoms with van der Waals surface area (Å²) >= 11 is 5.11. The number of carbonyl (C=O) groups is 1. The Kier molecular flexibility index (Phi) is 5.51. The number of anilines is 1. The number of nitrogens with two attached hydrogens (primary N) is 1. The van der Waals surface area contributed by atoms with Crippen molar-refractivity contribution in [2.75, 3.05) is 19.0 Å². The van der Waals surface area contributed by atoms with Crippen LogP contribution in [0, 0.1) is 0 Å². The second-order valence-electron chi connectivity index (χ2n) is 5.05. The van der Waals surface area contributed by atoms with Gasteiger partial charge in [0.2, 0.25) is 0 Å². The summed E-state index contributed by atoms with van der Waals surface area (Å²) in [6.07, 6.45) is 1.36. The fourth-order valence-corrected chi connectivity index (χ4v) is 2.38. The van der Waals surface area contributed by atoms with E-state index in [1.165, 1.54) is 0 Å². The molecule has 0 fully saturated rings. The Morgan fingerprint density at radius 2 is 1.75 bits per heavy atom. The second-order valence-corrected chi connectivity index (χ2v) is 5.49. The molecule has 0 saturated carbocycles. The van der Waals surface area contributed by atoms with Gasteiger partial charge in [-0.2, -0.15) is 0 Å². The van der Waals surface area contributed by atoms with Crippen LogP contribution in [0.15, 0.2) is 24.3 Å². The maximum Gasteiger partial charge on any atom is 0.252 e. The maximum absolute atomic E-state index is 12.3. The maximum atomic E-state index is 12.3. The summed E-state index contributed by atoms with van der Waals surface area (Å²) in [5.74, 6) is -0.146. The Morgan fingerprint density at radius 3 is 2.10 bits per heavy atom. The average molecular weight is 293 g/mol. The highest BCUT2D eigenvalue weighted by Crippen LogP contribution is 2.18. The Morgan fingerprint density at radius 1 is 1.25 bits per heavy atom. The minimum atomic E-state index is -0.605. The van der Waals surface area contributed by atoms with Crippen LogP contribution >= 0.6 is 12.2 Å². The Balaban J connectivity index is 2.92. The lowest BCUT2D eigenvalue weighted by molar-refractivity contribution is 0.0920. The monoisotopic (exact) mass is 293 g/mol. The van der Waals surface area contributed by atoms with E-state index in [4.69, 9.17) is 18.0 Å². The number of hydrogen-bond donors (Lipinski definition) is 2. The summed E-state index contributed by atoms with van der Waals surface area (Å²) in [6, 6.07) is 7.44. The van der Waals surface area contributed by atoms with Crippen LogP contribution in [-0.2, 0) is 0 Å². The highest BCUT2D eigenvalue weighted by Gasteiger charge is 2.31. The zero-order valence-corrected chi connectivity index (χ0v) is 13.4. The van der Waals surface area contributed by atoms with E-state index in [2.05, 4.69) is 5.32 Å². The van der Waals surface area contributed by atoms with Gasteiger partial charge in [0.15, 0.2) is 0 Å². The van der Waals surface area contributed by atoms with Crippen LogP contribution in [0.3, 0.4) is 0 Å². The van der Waals surface area contributed by atoms with Crippen LogP contribution in [0.4, 0.5) is 5.69 Å². The quantitative estimate of drug-likeness (QED) is 0.790. The van der Waals surface area contributed by atoms with E-state index >= 15 is 0 Å². The summed E-state index contributed by atoms with van der Waals surface area (Å²) < 4.78 is 0. The summed E-state index contributed by atoms with van der Waals surface area (Å²) in [6.45, 7) is 3.94. The highest BCUT2D eigenvalue weighted by atomic mass is 32.1. The number of carbonyl (C=O) groups excluding carboxylic acids is 1. The third-order valence-electron chi connectivity index (χ3n) is 3.68. The lowest BCUT2D eigenvalue weighted by Gasteiger charge is -2.31. The molecule has 4 nitrogen and oxygen atoms in total. The molecule has 1 aromatic rings. The lowest BCUT2D eigenvalue weighted by Crippen LogP contribution is -2.55. The first-order valence-corrected chi connectivity index (χ1v) is 7.17. The number of thiocarbonyl (C=S) groups is 1. The Labute approximate surface area is 126 Å². The zero-order chi connectivity index (χ0) is 15.3. The van der Waals surface area contributed by atoms with Gasteiger partial charge in [-0.1, -0.05) is 26.1 Å². The van der Waals surface area contributed by atoms with Crippen LogP contribution in [0.5, 0.6) is 0 Å². The van der Waals surface area contributed by atoms with E-state index in [-0.39, 0.29) is 5.91 Å². The van der Waals surface area contributed by atoms with Crippen molar-refractivity contribution in [2.45, 2.75) is 32.2 Å². The van der Waals surface area contributed by atoms with Crippen molar-refractivity contribution in [1.82, 2.24) is 5.32 Å². The van der Waals surface area contributed by atoms with Gasteiger partial charge in [0.05, 0.1) is 10.5 Å². The number of hydrogen-bond acceptors (Lipinski definition) is 3. The number of nitrogens with one attached hydrogen (secondary N) is 1. The highest BCUT2D eigenvalue weighted by molar-refractivity contribution is 7.80. The van der Waals surface area contributed by atoms with Gasteiger partial charge >= 0.3 is 0 Å². The van der Waals surface area contributed by atoms with E-state index in [0.717, 1.165) is 5.69 Å². The molecule has 0 aliphatic heterocycles. The molecule has 0 saturated heterocycles. The van der Waals surface area contributed by atoms with Crippen LogP contribution in [0.2, 0.25) is 0 Å². The minimum absolute atomic E-state index is 0.146. The third kappa shape index (κ3) is 3.48. The van der Waals surface area contributed by atoms with Gasteiger partial charge in [-0.25, -0.2) is 0 Å². The van der Waals surface area contributed by atoms with Crippen molar-refractivity contribution in [1.29, 1.82) is 0 Å². The number of nitrogens with zero attached hydrogens (tertiary/aromatic N) is 1. The average Bonchev–Trinajstić information content (AvgIpc) is 2.44. The number of rotatable bonds is 6. The molecule has 1 amide bonds. The first-order chi connectivity index (χ1) is 9.36. The van der Waals surface area contributed by atoms with Gasteiger partial charge in [-0.05, 0) is 37.1 Å². The van der Waals surface area contributed by atoms with Gasteiger partial charge in [-0.3, -0.25) is 4.79 Å². The van der Waals surface area contributed by atoms with E-state index < -0.39 is 5.54 Å². The molecule has 20 heavy (non-hydrogen) atoms. The topological polar surface area (TPSA) is 58.4 Å². The molecule has 0 unspecified atom stereocenters. The fourth-order valence-electron chi connectivity index (χ4n) is 2.04. The van der Waals surface area contributed by atoms with E-state index in [1.807, 2.05) is 45.0 Å². The number of amides is 1. The molecule has 0 atom stereocenters. The van der Waals surface area contributed by atoms with Crippen LogP contribution in [-0.4, -0.2) is 30.5 Å². The minimum Gasteiger partial charge on any atom is -0.391 e. The third-order valence-corrected chi connectivity index (χ3v) is 4.07. The second kappa shape index (κ2) is 6.70. The molecule has 1 rings (SSSR count). The van der Waals surface area contributed by atoms with Crippen molar-refractivity contribution in [3.05, 3.63) is 29.8 Å². The van der Waals surface area contributed by atoms with Gasteiger partial charge in [-0.15, -0.1) is 0 Å². The standard InChI is InChI=1S/C15H23N3OS/c1-5-15(6-2,14(16)20)17-13(19)11-7-9-12(10-8-11)18(3)4/h7-10H,5-6H2,1-4H3,(H2,16,20)(H,17,19). The first-order valence-electron chi connectivity index (χ1n) is 6.76. The van der Waals surface area contributed by atoms with Crippen molar-refractivity contribution < 1.29 is 4.79 Å². The lowest BCUT2D eigenvalue weighted by atomic mass is 9.92. The Bertz CT molecular complexity index is 478. The van der Waals surface area contributed by atoms with Crippen molar-refractivity contribution in [3.8, 4) is 0 Å².